The van der Waals surface area contributed by atoms with Crippen molar-refractivity contribution in [3.05, 3.63) is 194 Å². The molecule has 4 heterocycles. The van der Waals surface area contributed by atoms with E-state index in [0.29, 0.717) is 0 Å². The van der Waals surface area contributed by atoms with E-state index < -0.39 is 8.07 Å². The predicted molar refractivity (Wildman–Crippen MR) is 222 cm³/mol. The van der Waals surface area contributed by atoms with Crippen LogP contribution in [0, 0.1) is 0 Å². The van der Waals surface area contributed by atoms with Gasteiger partial charge in [0.1, 0.15) is 0 Å². The van der Waals surface area contributed by atoms with Gasteiger partial charge in [-0.2, -0.15) is 0 Å². The molecule has 4 nitrogen and oxygen atoms in total. The fourth-order valence-corrected chi connectivity index (χ4v) is 14.5. The van der Waals surface area contributed by atoms with Crippen LogP contribution in [0.15, 0.2) is 194 Å². The standard InChI is InChI=1S/C47H32BN3OSi/c1-4-17-33(18-5-1)50-40-27-13-14-28-42(40)52-47-41(50)31-44-45-46(47)51(34-19-16-30-49-32-34)39-26-12-10-24-37(39)48(45)38-25-11-15-29-43(38)53(44,35-20-6-2-7-21-35)36-22-8-3-9-23-36/h1-32H. The Morgan fingerprint density at radius 2 is 1.09 bits per heavy atom. The smallest absolute Gasteiger partial charge is 0.246 e. The zero-order valence-corrected chi connectivity index (χ0v) is 29.8. The molecule has 248 valence electrons. The number of ether oxygens (including phenoxy) is 1. The van der Waals surface area contributed by atoms with Crippen LogP contribution in [-0.4, -0.2) is 19.8 Å². The number of hydrogen-bond donors (Lipinski definition) is 0. The van der Waals surface area contributed by atoms with Gasteiger partial charge in [-0.15, -0.1) is 0 Å². The van der Waals surface area contributed by atoms with E-state index in [2.05, 4.69) is 191 Å². The first-order chi connectivity index (χ1) is 26.3. The first kappa shape index (κ1) is 30.0. The van der Waals surface area contributed by atoms with Gasteiger partial charge in [0.05, 0.1) is 28.9 Å². The third kappa shape index (κ3) is 4.21. The number of benzene rings is 7. The first-order valence-corrected chi connectivity index (χ1v) is 20.2. The van der Waals surface area contributed by atoms with Gasteiger partial charge in [-0.25, -0.2) is 0 Å². The minimum atomic E-state index is -2.99. The number of rotatable bonds is 4. The molecule has 0 saturated carbocycles. The molecule has 1 aromatic heterocycles. The molecular weight excluding hydrogens is 661 g/mol. The number of anilines is 6. The first-order valence-electron chi connectivity index (χ1n) is 18.2. The molecule has 7 aromatic carbocycles. The fourth-order valence-electron chi connectivity index (χ4n) is 9.25. The van der Waals surface area contributed by atoms with Crippen LogP contribution in [0.5, 0.6) is 11.5 Å². The normalized spacial score (nSPS) is 14.2. The average molecular weight is 694 g/mol. The van der Waals surface area contributed by atoms with Crippen molar-refractivity contribution in [1.29, 1.82) is 0 Å². The van der Waals surface area contributed by atoms with Crippen LogP contribution >= 0.6 is 0 Å². The summed E-state index contributed by atoms with van der Waals surface area (Å²) < 4.78 is 7.25. The van der Waals surface area contributed by atoms with E-state index in [9.17, 15) is 0 Å². The fraction of sp³-hybridized carbons (Fsp3) is 0. The van der Waals surface area contributed by atoms with Crippen molar-refractivity contribution < 1.29 is 4.74 Å². The molecule has 53 heavy (non-hydrogen) atoms. The molecule has 0 bridgehead atoms. The highest BCUT2D eigenvalue weighted by atomic mass is 28.3. The van der Waals surface area contributed by atoms with Crippen molar-refractivity contribution in [3.63, 3.8) is 0 Å². The second-order valence-electron chi connectivity index (χ2n) is 13.9. The molecule has 6 heteroatoms. The number of aromatic nitrogens is 1. The summed E-state index contributed by atoms with van der Waals surface area (Å²) in [5.74, 6) is 1.67. The molecule has 0 atom stereocenters. The van der Waals surface area contributed by atoms with E-state index >= 15 is 0 Å². The van der Waals surface area contributed by atoms with Crippen molar-refractivity contribution in [2.45, 2.75) is 0 Å². The van der Waals surface area contributed by atoms with Gasteiger partial charge in [-0.05, 0) is 80.2 Å². The summed E-state index contributed by atoms with van der Waals surface area (Å²) in [6, 6.07) is 66.5. The summed E-state index contributed by atoms with van der Waals surface area (Å²) in [6.45, 7) is -0.00961. The molecule has 0 saturated heterocycles. The molecule has 8 aromatic rings. The quantitative estimate of drug-likeness (QED) is 0.193. The topological polar surface area (TPSA) is 28.6 Å². The molecular formula is C47H32BN3OSi. The van der Waals surface area contributed by atoms with Crippen molar-refractivity contribution in [3.8, 4) is 11.5 Å². The van der Waals surface area contributed by atoms with Crippen molar-refractivity contribution in [2.75, 3.05) is 9.80 Å². The minimum Gasteiger partial charge on any atom is -0.451 e. The van der Waals surface area contributed by atoms with E-state index in [1.165, 1.54) is 37.1 Å². The number of nitrogens with zero attached hydrogens (tertiary/aromatic N) is 3. The average Bonchev–Trinajstić information content (AvgIpc) is 3.24. The van der Waals surface area contributed by atoms with Gasteiger partial charge < -0.3 is 14.5 Å². The lowest BCUT2D eigenvalue weighted by Crippen LogP contribution is -2.87. The van der Waals surface area contributed by atoms with Crippen LogP contribution in [-0.2, 0) is 0 Å². The van der Waals surface area contributed by atoms with Gasteiger partial charge in [0, 0.05) is 17.6 Å². The van der Waals surface area contributed by atoms with Crippen molar-refractivity contribution in [1.82, 2.24) is 4.98 Å². The molecule has 0 N–H and O–H groups in total. The minimum absolute atomic E-state index is 0.00961. The van der Waals surface area contributed by atoms with Gasteiger partial charge in [-0.3, -0.25) is 4.98 Å². The summed E-state index contributed by atoms with van der Waals surface area (Å²) in [6.07, 6.45) is 3.82. The number of hydrogen-bond acceptors (Lipinski definition) is 4. The van der Waals surface area contributed by atoms with E-state index in [0.717, 1.165) is 45.6 Å². The number of para-hydroxylation sites is 4. The molecule has 0 amide bonds. The SMILES string of the molecule is c1ccc(N2c3ccccc3Oc3c2cc2c4c3N(c3cccnc3)c3ccccc3B4c3ccccc3[Si]2(c2ccccc2)c2ccccc2)cc1. The van der Waals surface area contributed by atoms with Crippen molar-refractivity contribution in [2.24, 2.45) is 0 Å². The molecule has 3 aliphatic heterocycles. The van der Waals surface area contributed by atoms with Gasteiger partial charge in [0.2, 0.25) is 6.71 Å². The van der Waals surface area contributed by atoms with Gasteiger partial charge >= 0.3 is 0 Å². The third-order valence-electron chi connectivity index (χ3n) is 11.2. The number of fused-ring (bicyclic) bond motifs is 7. The molecule has 3 aliphatic rings. The van der Waals surface area contributed by atoms with Gasteiger partial charge in [0.25, 0.3) is 0 Å². The van der Waals surface area contributed by atoms with E-state index in [1.807, 2.05) is 18.5 Å². The highest BCUT2D eigenvalue weighted by molar-refractivity contribution is 7.26. The second kappa shape index (κ2) is 11.7. The van der Waals surface area contributed by atoms with Crippen LogP contribution < -0.4 is 51.7 Å². The zero-order valence-electron chi connectivity index (χ0n) is 28.8. The lowest BCUT2D eigenvalue weighted by Gasteiger charge is -2.49. The van der Waals surface area contributed by atoms with E-state index in [1.54, 1.807) is 0 Å². The highest BCUT2D eigenvalue weighted by Crippen LogP contribution is 2.55. The van der Waals surface area contributed by atoms with E-state index in [4.69, 9.17) is 4.74 Å². The molecule has 0 aliphatic carbocycles. The monoisotopic (exact) mass is 693 g/mol. The summed E-state index contributed by atoms with van der Waals surface area (Å²) in [7, 11) is -2.99. The third-order valence-corrected chi connectivity index (χ3v) is 16.1. The van der Waals surface area contributed by atoms with Crippen LogP contribution in [0.1, 0.15) is 0 Å². The molecule has 0 spiro atoms. The van der Waals surface area contributed by atoms with Crippen molar-refractivity contribution >= 4 is 86.0 Å². The molecule has 11 rings (SSSR count). The molecule has 0 radical (unpaired) electrons. The molecule has 0 fully saturated rings. The zero-order chi connectivity index (χ0) is 34.9. The Morgan fingerprint density at radius 3 is 1.81 bits per heavy atom. The summed E-state index contributed by atoms with van der Waals surface area (Å²) >= 11 is 0. The lowest BCUT2D eigenvalue weighted by molar-refractivity contribution is 0.478. The van der Waals surface area contributed by atoms with Crippen LogP contribution in [0.4, 0.5) is 34.1 Å². The second-order valence-corrected chi connectivity index (χ2v) is 17.6. The van der Waals surface area contributed by atoms with Gasteiger partial charge in [0.15, 0.2) is 19.6 Å². The Hall–Kier alpha value is -6.63. The van der Waals surface area contributed by atoms with Crippen LogP contribution in [0.25, 0.3) is 0 Å². The Kier molecular flexibility index (Phi) is 6.63. The Morgan fingerprint density at radius 1 is 0.491 bits per heavy atom. The Labute approximate surface area is 310 Å². The van der Waals surface area contributed by atoms with Crippen LogP contribution in [0.2, 0.25) is 0 Å². The summed E-state index contributed by atoms with van der Waals surface area (Å²) in [4.78, 5) is 9.48. The molecule has 0 unspecified atom stereocenters. The van der Waals surface area contributed by atoms with E-state index in [-0.39, 0.29) is 6.71 Å². The lowest BCUT2D eigenvalue weighted by atomic mass is 9.34. The Bertz CT molecular complexity index is 2630. The maximum atomic E-state index is 7.25. The highest BCUT2D eigenvalue weighted by Gasteiger charge is 2.54. The Balaban J connectivity index is 1.38. The maximum Gasteiger partial charge on any atom is 0.246 e. The number of pyridine rings is 1. The van der Waals surface area contributed by atoms with Gasteiger partial charge in [-0.1, -0.05) is 139 Å². The summed E-state index contributed by atoms with van der Waals surface area (Å²) in [5.41, 5.74) is 10.3. The maximum absolute atomic E-state index is 7.25. The predicted octanol–water partition coefficient (Wildman–Crippen LogP) is 6.65. The summed E-state index contributed by atoms with van der Waals surface area (Å²) in [5, 5.41) is 5.51. The van der Waals surface area contributed by atoms with Crippen LogP contribution in [0.3, 0.4) is 0 Å². The largest absolute Gasteiger partial charge is 0.451 e.